The van der Waals surface area contributed by atoms with E-state index >= 15 is 0 Å². The molecule has 0 bridgehead atoms. The molecule has 1 aliphatic carbocycles. The summed E-state index contributed by atoms with van der Waals surface area (Å²) in [5.74, 6) is 0.719. The number of aliphatic hydroxyl groups excluding tert-OH is 1. The van der Waals surface area contributed by atoms with Gasteiger partial charge in [-0.3, -0.25) is 0 Å². The number of aliphatic hydroxyl groups is 1. The Morgan fingerprint density at radius 3 is 2.95 bits per heavy atom. The van der Waals surface area contributed by atoms with Crippen molar-refractivity contribution in [2.24, 2.45) is 0 Å². The van der Waals surface area contributed by atoms with Crippen molar-refractivity contribution in [3.8, 4) is 0 Å². The molecule has 7 heteroatoms. The summed E-state index contributed by atoms with van der Waals surface area (Å²) >= 11 is 0. The summed E-state index contributed by atoms with van der Waals surface area (Å²) in [7, 11) is 0. The second-order valence-electron chi connectivity index (χ2n) is 4.85. The number of H-pyrrole nitrogens is 1. The first-order chi connectivity index (χ1) is 9.29. The van der Waals surface area contributed by atoms with Crippen LogP contribution in [0, 0.1) is 0 Å². The topological polar surface area (TPSA) is 86.5 Å². The van der Waals surface area contributed by atoms with Gasteiger partial charge in [-0.2, -0.15) is 9.61 Å². The van der Waals surface area contributed by atoms with Crippen LogP contribution in [0.5, 0.6) is 0 Å². The summed E-state index contributed by atoms with van der Waals surface area (Å²) in [5, 5.41) is 19.8. The number of anilines is 1. The van der Waals surface area contributed by atoms with Crippen molar-refractivity contribution < 1.29 is 5.11 Å². The van der Waals surface area contributed by atoms with Crippen LogP contribution in [0.3, 0.4) is 0 Å². The number of aromatic nitrogens is 4. The lowest BCUT2D eigenvalue weighted by Crippen LogP contribution is -2.37. The standard InChI is InChI=1S/C12H17N5O2/c18-8-7-16(9-3-1-2-4-9)11-6-5-10-13-14-12(19)17(10)15-11/h5-6,9,18H,1-4,7-8H2,(H,14,19). The molecule has 102 valence electrons. The van der Waals surface area contributed by atoms with Crippen molar-refractivity contribution in [3.05, 3.63) is 22.6 Å². The van der Waals surface area contributed by atoms with Crippen LogP contribution in [0.2, 0.25) is 0 Å². The van der Waals surface area contributed by atoms with Crippen molar-refractivity contribution in [2.75, 3.05) is 18.1 Å². The molecular formula is C12H17N5O2. The first kappa shape index (κ1) is 12.2. The largest absolute Gasteiger partial charge is 0.395 e. The van der Waals surface area contributed by atoms with Crippen LogP contribution in [-0.2, 0) is 0 Å². The second-order valence-corrected chi connectivity index (χ2v) is 4.85. The number of nitrogens with one attached hydrogen (secondary N) is 1. The molecule has 3 rings (SSSR count). The fraction of sp³-hybridized carbons (Fsp3) is 0.583. The van der Waals surface area contributed by atoms with Crippen LogP contribution in [-0.4, -0.2) is 44.1 Å². The second kappa shape index (κ2) is 5.00. The van der Waals surface area contributed by atoms with E-state index in [1.165, 1.54) is 17.4 Å². The number of hydrogen-bond acceptors (Lipinski definition) is 5. The lowest BCUT2D eigenvalue weighted by molar-refractivity contribution is 0.296. The number of aromatic amines is 1. The van der Waals surface area contributed by atoms with Crippen molar-refractivity contribution in [3.63, 3.8) is 0 Å². The normalized spacial score (nSPS) is 16.3. The number of hydrogen-bond donors (Lipinski definition) is 2. The number of rotatable bonds is 4. The Balaban J connectivity index is 1.98. The maximum absolute atomic E-state index is 11.5. The Bertz CT molecular complexity index is 614. The van der Waals surface area contributed by atoms with Gasteiger partial charge in [0.15, 0.2) is 5.65 Å². The van der Waals surface area contributed by atoms with Gasteiger partial charge in [0, 0.05) is 12.6 Å². The van der Waals surface area contributed by atoms with E-state index in [0.717, 1.165) is 18.7 Å². The van der Waals surface area contributed by atoms with Gasteiger partial charge in [-0.05, 0) is 25.0 Å². The lowest BCUT2D eigenvalue weighted by Gasteiger charge is -2.29. The Hall–Kier alpha value is -1.89. The van der Waals surface area contributed by atoms with Gasteiger partial charge < -0.3 is 10.0 Å². The van der Waals surface area contributed by atoms with Crippen molar-refractivity contribution in [1.82, 2.24) is 19.8 Å². The molecule has 1 fully saturated rings. The van der Waals surface area contributed by atoms with Gasteiger partial charge in [0.05, 0.1) is 6.61 Å². The molecular weight excluding hydrogens is 246 g/mol. The van der Waals surface area contributed by atoms with Gasteiger partial charge in [0.25, 0.3) is 0 Å². The molecule has 2 aromatic rings. The summed E-state index contributed by atoms with van der Waals surface area (Å²) in [6, 6.07) is 4.02. The van der Waals surface area contributed by atoms with Gasteiger partial charge in [0.1, 0.15) is 5.82 Å². The Morgan fingerprint density at radius 1 is 1.42 bits per heavy atom. The van der Waals surface area contributed by atoms with Crippen molar-refractivity contribution in [1.29, 1.82) is 0 Å². The van der Waals surface area contributed by atoms with E-state index in [4.69, 9.17) is 0 Å². The van der Waals surface area contributed by atoms with E-state index in [1.807, 2.05) is 6.07 Å². The van der Waals surface area contributed by atoms with Gasteiger partial charge in [0.2, 0.25) is 0 Å². The fourth-order valence-electron chi connectivity index (χ4n) is 2.75. The Labute approximate surface area is 109 Å². The average Bonchev–Trinajstić information content (AvgIpc) is 3.06. The minimum atomic E-state index is -0.341. The molecule has 0 aliphatic heterocycles. The molecule has 1 saturated carbocycles. The maximum atomic E-state index is 11.5. The fourth-order valence-corrected chi connectivity index (χ4v) is 2.75. The highest BCUT2D eigenvalue weighted by Gasteiger charge is 2.23. The number of fused-ring (bicyclic) bond motifs is 1. The third-order valence-electron chi connectivity index (χ3n) is 3.66. The van der Waals surface area contributed by atoms with E-state index < -0.39 is 0 Å². The zero-order chi connectivity index (χ0) is 13.2. The predicted octanol–water partition coefficient (Wildman–Crippen LogP) is 0.159. The highest BCUT2D eigenvalue weighted by molar-refractivity contribution is 5.45. The highest BCUT2D eigenvalue weighted by atomic mass is 16.3. The monoisotopic (exact) mass is 263 g/mol. The SMILES string of the molecule is O=c1[nH]nc2ccc(N(CCO)C3CCCC3)nn12. The highest BCUT2D eigenvalue weighted by Crippen LogP contribution is 2.26. The molecule has 0 radical (unpaired) electrons. The molecule has 1 aliphatic rings. The summed E-state index contributed by atoms with van der Waals surface area (Å²) in [5.41, 5.74) is 0.163. The summed E-state index contributed by atoms with van der Waals surface area (Å²) in [6.07, 6.45) is 4.64. The van der Waals surface area contributed by atoms with Crippen LogP contribution >= 0.6 is 0 Å². The van der Waals surface area contributed by atoms with Crippen LogP contribution in [0.4, 0.5) is 5.82 Å². The maximum Gasteiger partial charge on any atom is 0.364 e. The molecule has 0 amide bonds. The van der Waals surface area contributed by atoms with Crippen LogP contribution in [0.25, 0.3) is 5.65 Å². The molecule has 2 heterocycles. The molecule has 0 saturated heterocycles. The number of nitrogens with zero attached hydrogens (tertiary/aromatic N) is 4. The molecule has 19 heavy (non-hydrogen) atoms. The summed E-state index contributed by atoms with van der Waals surface area (Å²) in [4.78, 5) is 13.6. The Morgan fingerprint density at radius 2 is 2.21 bits per heavy atom. The van der Waals surface area contributed by atoms with E-state index in [0.29, 0.717) is 18.2 Å². The molecule has 0 unspecified atom stereocenters. The van der Waals surface area contributed by atoms with Crippen LogP contribution in [0.1, 0.15) is 25.7 Å². The lowest BCUT2D eigenvalue weighted by atomic mass is 10.2. The van der Waals surface area contributed by atoms with Crippen LogP contribution < -0.4 is 10.6 Å². The smallest absolute Gasteiger partial charge is 0.364 e. The van der Waals surface area contributed by atoms with Crippen molar-refractivity contribution in [2.45, 2.75) is 31.7 Å². The van der Waals surface area contributed by atoms with E-state index in [2.05, 4.69) is 20.2 Å². The third-order valence-corrected chi connectivity index (χ3v) is 3.66. The molecule has 2 aromatic heterocycles. The third kappa shape index (κ3) is 2.21. The quantitative estimate of drug-likeness (QED) is 0.820. The minimum Gasteiger partial charge on any atom is -0.395 e. The van der Waals surface area contributed by atoms with Gasteiger partial charge >= 0.3 is 5.69 Å². The predicted molar refractivity (Wildman–Crippen MR) is 70.3 cm³/mol. The summed E-state index contributed by atoms with van der Waals surface area (Å²) < 4.78 is 1.26. The van der Waals surface area contributed by atoms with Gasteiger partial charge in [-0.25, -0.2) is 9.89 Å². The Kier molecular flexibility index (Phi) is 3.20. The van der Waals surface area contributed by atoms with Crippen molar-refractivity contribution >= 4 is 11.5 Å². The van der Waals surface area contributed by atoms with Gasteiger partial charge in [-0.15, -0.1) is 5.10 Å². The zero-order valence-electron chi connectivity index (χ0n) is 10.6. The zero-order valence-corrected chi connectivity index (χ0v) is 10.6. The van der Waals surface area contributed by atoms with Gasteiger partial charge in [-0.1, -0.05) is 12.8 Å². The molecule has 0 aromatic carbocycles. The van der Waals surface area contributed by atoms with E-state index in [-0.39, 0.29) is 12.3 Å². The molecule has 0 atom stereocenters. The van der Waals surface area contributed by atoms with E-state index in [1.54, 1.807) is 6.07 Å². The minimum absolute atomic E-state index is 0.0799. The first-order valence-corrected chi connectivity index (χ1v) is 6.61. The molecule has 0 spiro atoms. The van der Waals surface area contributed by atoms with Crippen LogP contribution in [0.15, 0.2) is 16.9 Å². The molecule has 7 nitrogen and oxygen atoms in total. The first-order valence-electron chi connectivity index (χ1n) is 6.61. The van der Waals surface area contributed by atoms with E-state index in [9.17, 15) is 9.90 Å². The summed E-state index contributed by atoms with van der Waals surface area (Å²) in [6.45, 7) is 0.617. The molecule has 2 N–H and O–H groups in total. The average molecular weight is 263 g/mol.